The van der Waals surface area contributed by atoms with E-state index in [-0.39, 0.29) is 0 Å². The number of esters is 1. The van der Waals surface area contributed by atoms with Crippen LogP contribution in [0.2, 0.25) is 0 Å². The Morgan fingerprint density at radius 2 is 1.77 bits per heavy atom. The van der Waals surface area contributed by atoms with Crippen molar-refractivity contribution in [1.82, 2.24) is 0 Å². The first-order valence-electron chi connectivity index (χ1n) is 10.3. The van der Waals surface area contributed by atoms with Crippen LogP contribution in [0.1, 0.15) is 42.2 Å². The predicted octanol–water partition coefficient (Wildman–Crippen LogP) is 5.09. The highest BCUT2D eigenvalue weighted by Gasteiger charge is 2.78. The zero-order valence-electron chi connectivity index (χ0n) is 17.1. The fourth-order valence-electron chi connectivity index (χ4n) is 4.87. The second-order valence-corrected chi connectivity index (χ2v) is 10.7. The van der Waals surface area contributed by atoms with Gasteiger partial charge in [0.1, 0.15) is 20.6 Å². The molecule has 0 aromatic heterocycles. The smallest absolute Gasteiger partial charge is 0.355 e. The summed E-state index contributed by atoms with van der Waals surface area (Å²) in [6.07, 6.45) is 3.64. The van der Waals surface area contributed by atoms with E-state index in [1.165, 1.54) is 18.9 Å². The molecule has 2 heterocycles. The van der Waals surface area contributed by atoms with E-state index in [2.05, 4.69) is 6.07 Å². The summed E-state index contributed by atoms with van der Waals surface area (Å²) in [5, 5.41) is 11.3. The van der Waals surface area contributed by atoms with Gasteiger partial charge in [-0.2, -0.15) is 5.26 Å². The first kappa shape index (κ1) is 20.6. The molecule has 5 nitrogen and oxygen atoms in total. The van der Waals surface area contributed by atoms with E-state index >= 15 is 0 Å². The Morgan fingerprint density at radius 3 is 2.39 bits per heavy atom. The van der Waals surface area contributed by atoms with E-state index in [1.54, 1.807) is 11.8 Å². The summed E-state index contributed by atoms with van der Waals surface area (Å²) in [7, 11) is 1.32. The molecular weight excluding hydrogens is 428 g/mol. The lowest BCUT2D eigenvalue weighted by Gasteiger charge is -2.42. The Labute approximate surface area is 190 Å². The summed E-state index contributed by atoms with van der Waals surface area (Å²) in [5.41, 5.74) is -0.871. The molecule has 0 radical (unpaired) electrons. The molecule has 7 heteroatoms. The molecule has 2 aromatic rings. The lowest BCUT2D eigenvalue weighted by atomic mass is 9.82. The first-order valence-corrected chi connectivity index (χ1v) is 12.0. The maximum atomic E-state index is 13.2. The molecule has 0 N–H and O–H groups in total. The summed E-state index contributed by atoms with van der Waals surface area (Å²) < 4.78 is 10.6. The molecule has 2 spiro atoms. The van der Waals surface area contributed by atoms with Gasteiger partial charge in [-0.05, 0) is 18.4 Å². The highest BCUT2D eigenvalue weighted by Crippen LogP contribution is 2.72. The van der Waals surface area contributed by atoms with Crippen LogP contribution in [0.4, 0.5) is 0 Å². The zero-order valence-corrected chi connectivity index (χ0v) is 18.7. The monoisotopic (exact) mass is 450 g/mol. The number of methoxy groups -OCH3 is 1. The van der Waals surface area contributed by atoms with Crippen molar-refractivity contribution >= 4 is 34.5 Å². The molecule has 2 fully saturated rings. The average molecular weight is 451 g/mol. The summed E-state index contributed by atoms with van der Waals surface area (Å²) >= 11 is 3.05. The molecule has 1 saturated carbocycles. The number of aliphatic imine (C=N–C) groups is 1. The number of fused-ring (bicyclic) bond motifs is 1. The van der Waals surface area contributed by atoms with Crippen LogP contribution in [0.15, 0.2) is 65.7 Å². The van der Waals surface area contributed by atoms with Crippen molar-refractivity contribution in [3.63, 3.8) is 0 Å². The Hall–Kier alpha value is -2.27. The minimum Gasteiger partial charge on any atom is -0.466 e. The van der Waals surface area contributed by atoms with Gasteiger partial charge < -0.3 is 9.47 Å². The van der Waals surface area contributed by atoms with Crippen LogP contribution in [-0.2, 0) is 14.3 Å². The first-order chi connectivity index (χ1) is 15.1. The van der Waals surface area contributed by atoms with Crippen LogP contribution in [0.5, 0.6) is 0 Å². The van der Waals surface area contributed by atoms with Crippen molar-refractivity contribution in [2.45, 2.75) is 46.3 Å². The number of carbonyl (C=O) groups is 1. The summed E-state index contributed by atoms with van der Waals surface area (Å²) in [6.45, 7) is 0. The van der Waals surface area contributed by atoms with Gasteiger partial charge in [-0.1, -0.05) is 97.0 Å². The third-order valence-corrected chi connectivity index (χ3v) is 9.94. The number of hydrogen-bond acceptors (Lipinski definition) is 7. The summed E-state index contributed by atoms with van der Waals surface area (Å²) in [4.78, 5) is 18.5. The number of ether oxygens (including phenoxy) is 2. The van der Waals surface area contributed by atoms with Gasteiger partial charge in [0.05, 0.1) is 12.6 Å². The maximum absolute atomic E-state index is 13.2. The highest BCUT2D eigenvalue weighted by molar-refractivity contribution is 8.27. The van der Waals surface area contributed by atoms with Crippen molar-refractivity contribution < 1.29 is 14.3 Å². The molecule has 1 saturated heterocycles. The molecule has 5 rings (SSSR count). The van der Waals surface area contributed by atoms with Crippen LogP contribution in [0.3, 0.4) is 0 Å². The molecule has 3 aliphatic rings. The summed E-state index contributed by atoms with van der Waals surface area (Å²) in [5.74, 6) is -0.649. The van der Waals surface area contributed by atoms with Gasteiger partial charge in [-0.3, -0.25) is 4.99 Å². The molecule has 0 unspecified atom stereocenters. The van der Waals surface area contributed by atoms with Gasteiger partial charge in [-0.25, -0.2) is 4.79 Å². The lowest BCUT2D eigenvalue weighted by molar-refractivity contribution is -0.164. The third kappa shape index (κ3) is 2.89. The fraction of sp³-hybridized carbons (Fsp3) is 0.375. The largest absolute Gasteiger partial charge is 0.466 e. The third-order valence-electron chi connectivity index (χ3n) is 6.34. The minimum absolute atomic E-state index is 0.463. The quantitative estimate of drug-likeness (QED) is 0.607. The van der Waals surface area contributed by atoms with Crippen LogP contribution in [0.25, 0.3) is 0 Å². The van der Waals surface area contributed by atoms with Crippen LogP contribution in [-0.4, -0.2) is 33.3 Å². The molecule has 1 aliphatic carbocycles. The Balaban J connectivity index is 1.68. The van der Waals surface area contributed by atoms with Crippen LogP contribution < -0.4 is 0 Å². The van der Waals surface area contributed by atoms with E-state index in [0.29, 0.717) is 0 Å². The van der Waals surface area contributed by atoms with Gasteiger partial charge in [-0.15, -0.1) is 0 Å². The molecule has 0 amide bonds. The molecule has 0 bridgehead atoms. The number of carbonyl (C=O) groups excluding carboxylic acids is 1. The topological polar surface area (TPSA) is 71.7 Å². The Kier molecular flexibility index (Phi) is 5.12. The molecule has 158 valence electrons. The number of rotatable bonds is 3. The van der Waals surface area contributed by atoms with Crippen molar-refractivity contribution in [2.75, 3.05) is 7.11 Å². The van der Waals surface area contributed by atoms with Crippen LogP contribution in [0, 0.1) is 11.3 Å². The van der Waals surface area contributed by atoms with Crippen molar-refractivity contribution in [3.05, 3.63) is 71.8 Å². The molecule has 2 aliphatic heterocycles. The fourth-order valence-corrected chi connectivity index (χ4v) is 8.67. The van der Waals surface area contributed by atoms with Crippen LogP contribution >= 0.6 is 23.5 Å². The van der Waals surface area contributed by atoms with Crippen molar-refractivity contribution in [3.8, 4) is 6.07 Å². The molecule has 31 heavy (non-hydrogen) atoms. The molecular formula is C24H22N2O3S2. The highest BCUT2D eigenvalue weighted by atomic mass is 32.2. The van der Waals surface area contributed by atoms with Gasteiger partial charge in [0.15, 0.2) is 0 Å². The number of hydrogen-bond donors (Lipinski definition) is 0. The standard InChI is InChI=1S/C24H22N2O3S2/c1-28-21(27)23(16-25)24(31-20(29-23)18-12-6-3-7-13-18)22(14-8-9-15-22)26-19(30-24)17-10-4-2-5-11-17/h2-7,10-13,20H,8-9,14-15H2,1H3/t20-,23+,24+/m1/s1. The number of thioether (sulfide) groups is 2. The maximum Gasteiger partial charge on any atom is 0.355 e. The zero-order chi connectivity index (χ0) is 21.5. The summed E-state index contributed by atoms with van der Waals surface area (Å²) in [6, 6.07) is 22.0. The molecule has 2 aromatic carbocycles. The second kappa shape index (κ2) is 7.70. The van der Waals surface area contributed by atoms with E-state index < -0.39 is 26.6 Å². The van der Waals surface area contributed by atoms with E-state index in [0.717, 1.165) is 41.9 Å². The second-order valence-electron chi connectivity index (χ2n) is 8.00. The average Bonchev–Trinajstić information content (AvgIpc) is 3.53. The SMILES string of the molecule is COC(=O)[C@]1(C#N)O[C@@H](c2ccccc2)S[C@]12SC(c1ccccc1)=NC21CCCC1. The van der Waals surface area contributed by atoms with E-state index in [9.17, 15) is 10.1 Å². The Morgan fingerprint density at radius 1 is 1.13 bits per heavy atom. The van der Waals surface area contributed by atoms with Crippen molar-refractivity contribution in [2.24, 2.45) is 4.99 Å². The molecule has 3 atom stereocenters. The van der Waals surface area contributed by atoms with E-state index in [4.69, 9.17) is 14.5 Å². The van der Waals surface area contributed by atoms with Gasteiger partial charge in [0.2, 0.25) is 0 Å². The predicted molar refractivity (Wildman–Crippen MR) is 123 cm³/mol. The van der Waals surface area contributed by atoms with E-state index in [1.807, 2.05) is 60.7 Å². The Bertz CT molecular complexity index is 1060. The lowest BCUT2D eigenvalue weighted by Crippen LogP contribution is -2.61. The number of nitrogens with zero attached hydrogens (tertiary/aromatic N) is 2. The van der Waals surface area contributed by atoms with Gasteiger partial charge in [0, 0.05) is 5.56 Å². The van der Waals surface area contributed by atoms with Gasteiger partial charge in [0.25, 0.3) is 5.60 Å². The number of nitriles is 1. The normalized spacial score (nSPS) is 31.0. The van der Waals surface area contributed by atoms with Crippen molar-refractivity contribution in [1.29, 1.82) is 5.26 Å². The number of benzene rings is 2. The van der Waals surface area contributed by atoms with Gasteiger partial charge >= 0.3 is 5.97 Å². The minimum atomic E-state index is -1.76.